The number of hydrogen-bond acceptors (Lipinski definition) is 2. The second kappa shape index (κ2) is 9.97. The Morgan fingerprint density at radius 3 is 2.48 bits per heavy atom. The third-order valence-electron chi connectivity index (χ3n) is 4.53. The van der Waals surface area contributed by atoms with Crippen LogP contribution in [0.1, 0.15) is 52.0 Å². The maximum absolute atomic E-state index is 5.15. The van der Waals surface area contributed by atoms with Crippen LogP contribution in [0.3, 0.4) is 0 Å². The van der Waals surface area contributed by atoms with Gasteiger partial charge in [0.2, 0.25) is 0 Å². The van der Waals surface area contributed by atoms with Gasteiger partial charge in [0.15, 0.2) is 0 Å². The topological polar surface area (TPSA) is 21.3 Å². The fraction of sp³-hybridized carbons (Fsp3) is 0.684. The minimum atomic E-state index is 0.240. The predicted molar refractivity (Wildman–Crippen MR) is 91.8 cm³/mol. The van der Waals surface area contributed by atoms with Crippen LogP contribution >= 0.6 is 0 Å². The van der Waals surface area contributed by atoms with Crippen molar-refractivity contribution in [3.8, 4) is 0 Å². The van der Waals surface area contributed by atoms with E-state index in [4.69, 9.17) is 4.74 Å². The van der Waals surface area contributed by atoms with Crippen LogP contribution in [0.2, 0.25) is 0 Å². The number of hydrogen-bond donors (Lipinski definition) is 1. The number of ether oxygens (including phenoxy) is 1. The molecule has 1 N–H and O–H groups in total. The summed E-state index contributed by atoms with van der Waals surface area (Å²) in [5.41, 5.74) is 1.71. The molecule has 0 radical (unpaired) electrons. The first-order valence-electron chi connectivity index (χ1n) is 8.43. The molecule has 2 heteroatoms. The minimum Gasteiger partial charge on any atom is -0.383 e. The molecular weight excluding hydrogens is 258 g/mol. The lowest BCUT2D eigenvalue weighted by molar-refractivity contribution is 0.193. The summed E-state index contributed by atoms with van der Waals surface area (Å²) in [7, 11) is 1.76. The van der Waals surface area contributed by atoms with Crippen LogP contribution in [0.5, 0.6) is 0 Å². The zero-order chi connectivity index (χ0) is 15.6. The van der Waals surface area contributed by atoms with E-state index >= 15 is 0 Å². The number of nitrogens with one attached hydrogen (secondary N) is 1. The summed E-state index contributed by atoms with van der Waals surface area (Å²) in [5.74, 6) is 0.763. The van der Waals surface area contributed by atoms with Crippen LogP contribution < -0.4 is 5.32 Å². The Labute approximate surface area is 131 Å². The molecule has 0 aliphatic heterocycles. The number of benzene rings is 1. The molecule has 0 aliphatic rings. The number of methoxy groups -OCH3 is 1. The quantitative estimate of drug-likeness (QED) is 0.610. The van der Waals surface area contributed by atoms with E-state index < -0.39 is 0 Å². The van der Waals surface area contributed by atoms with Crippen molar-refractivity contribution < 1.29 is 4.74 Å². The Balaban J connectivity index is 2.84. The lowest BCUT2D eigenvalue weighted by Gasteiger charge is -2.36. The van der Waals surface area contributed by atoms with E-state index in [1.165, 1.54) is 31.2 Å². The zero-order valence-corrected chi connectivity index (χ0v) is 14.3. The highest BCUT2D eigenvalue weighted by Gasteiger charge is 2.31. The standard InChI is InChI=1S/C19H33NO/c1-5-10-17(3)15-19(6-2,16-20-13-14-21-4)18-11-8-7-9-12-18/h7-9,11-12,17,20H,5-6,10,13-16H2,1-4H3. The molecule has 0 amide bonds. The van der Waals surface area contributed by atoms with E-state index in [1.54, 1.807) is 7.11 Å². The van der Waals surface area contributed by atoms with Crippen LogP contribution in [-0.4, -0.2) is 26.8 Å². The molecule has 1 rings (SSSR count). The van der Waals surface area contributed by atoms with Crippen LogP contribution in [0.4, 0.5) is 0 Å². The Hall–Kier alpha value is -0.860. The summed E-state index contributed by atoms with van der Waals surface area (Å²) in [6.45, 7) is 9.73. The monoisotopic (exact) mass is 291 g/mol. The summed E-state index contributed by atoms with van der Waals surface area (Å²) in [6, 6.07) is 11.0. The van der Waals surface area contributed by atoms with Crippen LogP contribution in [-0.2, 0) is 10.2 Å². The molecule has 0 saturated heterocycles. The van der Waals surface area contributed by atoms with Gasteiger partial charge in [0.1, 0.15) is 0 Å². The molecule has 21 heavy (non-hydrogen) atoms. The summed E-state index contributed by atoms with van der Waals surface area (Å²) < 4.78 is 5.15. The van der Waals surface area contributed by atoms with E-state index in [9.17, 15) is 0 Å². The fourth-order valence-corrected chi connectivity index (χ4v) is 3.32. The van der Waals surface area contributed by atoms with Crippen LogP contribution in [0.25, 0.3) is 0 Å². The lowest BCUT2D eigenvalue weighted by Crippen LogP contribution is -2.40. The van der Waals surface area contributed by atoms with E-state index in [0.29, 0.717) is 0 Å². The number of rotatable bonds is 11. The van der Waals surface area contributed by atoms with E-state index in [1.807, 2.05) is 0 Å². The molecule has 0 aliphatic carbocycles. The first-order valence-corrected chi connectivity index (χ1v) is 8.43. The highest BCUT2D eigenvalue weighted by atomic mass is 16.5. The Morgan fingerprint density at radius 2 is 1.90 bits per heavy atom. The first kappa shape index (κ1) is 18.2. The Morgan fingerprint density at radius 1 is 1.19 bits per heavy atom. The second-order valence-electron chi connectivity index (χ2n) is 6.27. The second-order valence-corrected chi connectivity index (χ2v) is 6.27. The third-order valence-corrected chi connectivity index (χ3v) is 4.53. The Kier molecular flexibility index (Phi) is 8.63. The van der Waals surface area contributed by atoms with Crippen molar-refractivity contribution in [2.75, 3.05) is 26.8 Å². The molecule has 2 atom stereocenters. The maximum atomic E-state index is 5.15. The van der Waals surface area contributed by atoms with Crippen molar-refractivity contribution in [2.24, 2.45) is 5.92 Å². The van der Waals surface area contributed by atoms with E-state index in [0.717, 1.165) is 25.6 Å². The van der Waals surface area contributed by atoms with Crippen molar-refractivity contribution in [3.05, 3.63) is 35.9 Å². The molecule has 0 heterocycles. The van der Waals surface area contributed by atoms with Crippen LogP contribution in [0, 0.1) is 5.92 Å². The summed E-state index contributed by atoms with van der Waals surface area (Å²) >= 11 is 0. The summed E-state index contributed by atoms with van der Waals surface area (Å²) in [5, 5.41) is 3.60. The Bertz CT molecular complexity index is 365. The normalized spacial score (nSPS) is 15.6. The van der Waals surface area contributed by atoms with Crippen molar-refractivity contribution in [3.63, 3.8) is 0 Å². The maximum Gasteiger partial charge on any atom is 0.0587 e. The van der Waals surface area contributed by atoms with Gasteiger partial charge in [-0.15, -0.1) is 0 Å². The minimum absolute atomic E-state index is 0.240. The molecule has 1 aromatic rings. The highest BCUT2D eigenvalue weighted by Crippen LogP contribution is 2.35. The summed E-state index contributed by atoms with van der Waals surface area (Å²) in [6.07, 6.45) is 5.01. The fourth-order valence-electron chi connectivity index (χ4n) is 3.32. The molecule has 0 fully saturated rings. The van der Waals surface area contributed by atoms with Gasteiger partial charge in [-0.05, 0) is 24.3 Å². The third kappa shape index (κ3) is 5.80. The molecule has 0 bridgehead atoms. The van der Waals surface area contributed by atoms with Crippen molar-refractivity contribution in [1.82, 2.24) is 5.32 Å². The van der Waals surface area contributed by atoms with Gasteiger partial charge in [-0.25, -0.2) is 0 Å². The molecular formula is C19H33NO. The van der Waals surface area contributed by atoms with Gasteiger partial charge in [0.25, 0.3) is 0 Å². The highest BCUT2D eigenvalue weighted by molar-refractivity contribution is 5.26. The largest absolute Gasteiger partial charge is 0.383 e. The molecule has 2 nitrogen and oxygen atoms in total. The van der Waals surface area contributed by atoms with E-state index in [-0.39, 0.29) is 5.41 Å². The van der Waals surface area contributed by atoms with Crippen molar-refractivity contribution in [1.29, 1.82) is 0 Å². The zero-order valence-electron chi connectivity index (χ0n) is 14.3. The average molecular weight is 291 g/mol. The molecule has 0 aromatic heterocycles. The first-order chi connectivity index (χ1) is 10.2. The molecule has 120 valence electrons. The van der Waals surface area contributed by atoms with Crippen molar-refractivity contribution in [2.45, 2.75) is 51.9 Å². The van der Waals surface area contributed by atoms with Gasteiger partial charge in [0, 0.05) is 25.6 Å². The lowest BCUT2D eigenvalue weighted by atomic mass is 9.71. The van der Waals surface area contributed by atoms with Gasteiger partial charge in [-0.3, -0.25) is 0 Å². The smallest absolute Gasteiger partial charge is 0.0587 e. The van der Waals surface area contributed by atoms with Crippen LogP contribution in [0.15, 0.2) is 30.3 Å². The van der Waals surface area contributed by atoms with E-state index in [2.05, 4.69) is 56.4 Å². The van der Waals surface area contributed by atoms with Gasteiger partial charge in [-0.2, -0.15) is 0 Å². The molecule has 1 aromatic carbocycles. The van der Waals surface area contributed by atoms with Gasteiger partial charge < -0.3 is 10.1 Å². The average Bonchev–Trinajstić information content (AvgIpc) is 2.51. The van der Waals surface area contributed by atoms with Gasteiger partial charge in [-0.1, -0.05) is 63.9 Å². The predicted octanol–water partition coefficient (Wildman–Crippen LogP) is 4.40. The molecule has 2 unspecified atom stereocenters. The molecule has 0 saturated carbocycles. The van der Waals surface area contributed by atoms with Gasteiger partial charge in [0.05, 0.1) is 6.61 Å². The molecule has 0 spiro atoms. The van der Waals surface area contributed by atoms with Gasteiger partial charge >= 0.3 is 0 Å². The SMILES string of the molecule is CCCC(C)CC(CC)(CNCCOC)c1ccccc1. The van der Waals surface area contributed by atoms with Crippen molar-refractivity contribution >= 4 is 0 Å². The summed E-state index contributed by atoms with van der Waals surface area (Å²) in [4.78, 5) is 0.